The van der Waals surface area contributed by atoms with Crippen molar-refractivity contribution in [2.75, 3.05) is 0 Å². The molecule has 5 heteroatoms. The molecule has 22 heavy (non-hydrogen) atoms. The number of rotatable bonds is 3. The van der Waals surface area contributed by atoms with Gasteiger partial charge in [0, 0.05) is 19.1 Å². The van der Waals surface area contributed by atoms with Crippen LogP contribution in [0.2, 0.25) is 0 Å². The lowest BCUT2D eigenvalue weighted by Gasteiger charge is -2.33. The number of nitrogens with two attached hydrogens (primary N) is 1. The lowest BCUT2D eigenvalue weighted by atomic mass is 9.97. The van der Waals surface area contributed by atoms with Crippen molar-refractivity contribution in [3.63, 3.8) is 0 Å². The molecule has 0 unspecified atom stereocenters. The second-order valence-electron chi connectivity index (χ2n) is 5.72. The molecule has 0 saturated heterocycles. The highest BCUT2D eigenvalue weighted by Crippen LogP contribution is 2.28. The van der Waals surface area contributed by atoms with Gasteiger partial charge in [-0.1, -0.05) is 36.4 Å². The van der Waals surface area contributed by atoms with E-state index in [1.807, 2.05) is 25.1 Å². The molecule has 2 aromatic rings. The van der Waals surface area contributed by atoms with Crippen molar-refractivity contribution in [3.8, 4) is 0 Å². The lowest BCUT2D eigenvalue weighted by molar-refractivity contribution is 0.309. The summed E-state index contributed by atoms with van der Waals surface area (Å²) in [5, 5.41) is 0. The van der Waals surface area contributed by atoms with Gasteiger partial charge < -0.3 is 5.73 Å². The summed E-state index contributed by atoms with van der Waals surface area (Å²) in [6, 6.07) is 14.8. The Morgan fingerprint density at radius 2 is 1.73 bits per heavy atom. The van der Waals surface area contributed by atoms with Crippen LogP contribution in [0.3, 0.4) is 0 Å². The topological polar surface area (TPSA) is 63.4 Å². The van der Waals surface area contributed by atoms with Crippen molar-refractivity contribution in [2.45, 2.75) is 37.4 Å². The Labute approximate surface area is 131 Å². The minimum atomic E-state index is -3.49. The van der Waals surface area contributed by atoms with Crippen molar-refractivity contribution < 1.29 is 8.42 Å². The molecule has 116 valence electrons. The van der Waals surface area contributed by atoms with Crippen LogP contribution in [-0.4, -0.2) is 18.8 Å². The molecule has 2 aromatic carbocycles. The molecule has 0 saturated carbocycles. The minimum Gasteiger partial charge on any atom is -0.326 e. The molecule has 1 aliphatic rings. The molecular weight excluding hydrogens is 296 g/mol. The smallest absolute Gasteiger partial charge is 0.243 e. The zero-order valence-corrected chi connectivity index (χ0v) is 13.4. The zero-order valence-electron chi connectivity index (χ0n) is 12.6. The van der Waals surface area contributed by atoms with Gasteiger partial charge in [-0.05, 0) is 42.2 Å². The van der Waals surface area contributed by atoms with Crippen LogP contribution in [0.15, 0.2) is 53.4 Å². The predicted octanol–water partition coefficient (Wildman–Crippen LogP) is 2.28. The van der Waals surface area contributed by atoms with Gasteiger partial charge in [-0.2, -0.15) is 4.31 Å². The van der Waals surface area contributed by atoms with Gasteiger partial charge in [0.15, 0.2) is 0 Å². The number of benzene rings is 2. The molecule has 0 amide bonds. The van der Waals surface area contributed by atoms with Crippen LogP contribution in [0.1, 0.15) is 23.6 Å². The molecule has 2 N–H and O–H groups in total. The summed E-state index contributed by atoms with van der Waals surface area (Å²) in [5.41, 5.74) is 8.82. The van der Waals surface area contributed by atoms with Crippen LogP contribution >= 0.6 is 0 Å². The highest BCUT2D eigenvalue weighted by molar-refractivity contribution is 7.89. The van der Waals surface area contributed by atoms with E-state index in [9.17, 15) is 8.42 Å². The van der Waals surface area contributed by atoms with Gasteiger partial charge in [-0.3, -0.25) is 0 Å². The molecule has 0 aliphatic carbocycles. The Kier molecular flexibility index (Phi) is 4.04. The molecule has 3 rings (SSSR count). The fourth-order valence-corrected chi connectivity index (χ4v) is 4.52. The maximum Gasteiger partial charge on any atom is 0.243 e. The van der Waals surface area contributed by atoms with Crippen LogP contribution in [0.25, 0.3) is 0 Å². The molecule has 0 fully saturated rings. The third-order valence-corrected chi connectivity index (χ3v) is 6.19. The second kappa shape index (κ2) is 5.83. The van der Waals surface area contributed by atoms with Crippen molar-refractivity contribution in [1.29, 1.82) is 0 Å². The standard InChI is InChI=1S/C17H20N2O2S/c1-13-10-15-4-2-3-5-16(15)12-19(13)22(20,21)17-8-6-14(11-18)7-9-17/h2-9,13H,10-12,18H2,1H3/t13-/m1/s1. The third kappa shape index (κ3) is 2.67. The Bertz CT molecular complexity index is 770. The van der Waals surface area contributed by atoms with E-state index in [1.165, 1.54) is 5.56 Å². The Balaban J connectivity index is 1.95. The first-order valence-corrected chi connectivity index (χ1v) is 8.84. The van der Waals surface area contributed by atoms with E-state index in [0.717, 1.165) is 17.5 Å². The van der Waals surface area contributed by atoms with Crippen LogP contribution in [0.5, 0.6) is 0 Å². The Morgan fingerprint density at radius 3 is 2.36 bits per heavy atom. The van der Waals surface area contributed by atoms with Gasteiger partial charge in [0.05, 0.1) is 4.90 Å². The van der Waals surface area contributed by atoms with Gasteiger partial charge in [0.25, 0.3) is 0 Å². The molecule has 0 aromatic heterocycles. The van der Waals surface area contributed by atoms with Crippen LogP contribution < -0.4 is 5.73 Å². The molecule has 0 bridgehead atoms. The average Bonchev–Trinajstić information content (AvgIpc) is 2.54. The summed E-state index contributed by atoms with van der Waals surface area (Å²) in [6.45, 7) is 2.80. The van der Waals surface area contributed by atoms with Crippen LogP contribution in [0.4, 0.5) is 0 Å². The number of fused-ring (bicyclic) bond motifs is 1. The number of sulfonamides is 1. The van der Waals surface area contributed by atoms with E-state index in [1.54, 1.807) is 28.6 Å². The summed E-state index contributed by atoms with van der Waals surface area (Å²) in [4.78, 5) is 0.330. The SMILES string of the molecule is C[C@@H]1Cc2ccccc2CN1S(=O)(=O)c1ccc(CN)cc1. The Hall–Kier alpha value is -1.69. The first-order chi connectivity index (χ1) is 10.5. The van der Waals surface area contributed by atoms with E-state index >= 15 is 0 Å². The van der Waals surface area contributed by atoms with E-state index in [-0.39, 0.29) is 6.04 Å². The first kappa shape index (κ1) is 15.2. The van der Waals surface area contributed by atoms with Crippen LogP contribution in [-0.2, 0) is 29.5 Å². The van der Waals surface area contributed by atoms with Crippen molar-refractivity contribution >= 4 is 10.0 Å². The average molecular weight is 316 g/mol. The van der Waals surface area contributed by atoms with E-state index < -0.39 is 10.0 Å². The van der Waals surface area contributed by atoms with E-state index in [0.29, 0.717) is 18.0 Å². The first-order valence-electron chi connectivity index (χ1n) is 7.40. The Morgan fingerprint density at radius 1 is 1.09 bits per heavy atom. The molecule has 1 aliphatic heterocycles. The molecule has 1 atom stereocenters. The molecular formula is C17H20N2O2S. The monoisotopic (exact) mass is 316 g/mol. The maximum atomic E-state index is 12.9. The summed E-state index contributed by atoms with van der Waals surface area (Å²) < 4.78 is 27.4. The highest BCUT2D eigenvalue weighted by atomic mass is 32.2. The van der Waals surface area contributed by atoms with Crippen molar-refractivity contribution in [3.05, 3.63) is 65.2 Å². The second-order valence-corrected chi connectivity index (χ2v) is 7.61. The fourth-order valence-electron chi connectivity index (χ4n) is 2.91. The van der Waals surface area contributed by atoms with Gasteiger partial charge in [-0.25, -0.2) is 8.42 Å². The molecule has 0 spiro atoms. The van der Waals surface area contributed by atoms with Crippen molar-refractivity contribution in [1.82, 2.24) is 4.31 Å². The fraction of sp³-hybridized carbons (Fsp3) is 0.294. The summed E-state index contributed by atoms with van der Waals surface area (Å²) in [7, 11) is -3.49. The van der Waals surface area contributed by atoms with Gasteiger partial charge in [-0.15, -0.1) is 0 Å². The van der Waals surface area contributed by atoms with E-state index in [4.69, 9.17) is 5.73 Å². The van der Waals surface area contributed by atoms with Crippen molar-refractivity contribution in [2.24, 2.45) is 5.73 Å². The van der Waals surface area contributed by atoms with Gasteiger partial charge >= 0.3 is 0 Å². The summed E-state index contributed by atoms with van der Waals surface area (Å²) in [5.74, 6) is 0. The number of hydrogen-bond acceptors (Lipinski definition) is 3. The number of hydrogen-bond donors (Lipinski definition) is 1. The molecule has 4 nitrogen and oxygen atoms in total. The summed E-state index contributed by atoms with van der Waals surface area (Å²) >= 11 is 0. The highest BCUT2D eigenvalue weighted by Gasteiger charge is 2.33. The lowest BCUT2D eigenvalue weighted by Crippen LogP contribution is -2.42. The predicted molar refractivity (Wildman–Crippen MR) is 86.7 cm³/mol. The quantitative estimate of drug-likeness (QED) is 0.945. The third-order valence-electron chi connectivity index (χ3n) is 4.22. The largest absolute Gasteiger partial charge is 0.326 e. The van der Waals surface area contributed by atoms with E-state index in [2.05, 4.69) is 6.07 Å². The van der Waals surface area contributed by atoms with Gasteiger partial charge in [0.2, 0.25) is 10.0 Å². The summed E-state index contributed by atoms with van der Waals surface area (Å²) in [6.07, 6.45) is 0.746. The number of nitrogens with zero attached hydrogens (tertiary/aromatic N) is 1. The molecule has 0 radical (unpaired) electrons. The normalized spacial score (nSPS) is 18.9. The van der Waals surface area contributed by atoms with Gasteiger partial charge in [0.1, 0.15) is 0 Å². The van der Waals surface area contributed by atoms with Crippen LogP contribution in [0, 0.1) is 0 Å². The zero-order chi connectivity index (χ0) is 15.7. The maximum absolute atomic E-state index is 12.9. The minimum absolute atomic E-state index is 0.0471. The molecule has 1 heterocycles.